The Balaban J connectivity index is 1.43. The molecular formula is C20H22ClN3O2S. The van der Waals surface area contributed by atoms with Crippen molar-refractivity contribution >= 4 is 39.1 Å². The number of likely N-dealkylation sites (N-methyl/N-ethyl adjacent to an activating group) is 2. The van der Waals surface area contributed by atoms with Crippen molar-refractivity contribution in [2.45, 2.75) is 6.54 Å². The molecule has 0 radical (unpaired) electrons. The van der Waals surface area contributed by atoms with Crippen LogP contribution in [0.4, 0.5) is 0 Å². The van der Waals surface area contributed by atoms with Crippen molar-refractivity contribution in [3.05, 3.63) is 58.6 Å². The third-order valence-corrected chi connectivity index (χ3v) is 5.37. The molecule has 0 fully saturated rings. The van der Waals surface area contributed by atoms with Crippen molar-refractivity contribution in [1.29, 1.82) is 0 Å². The van der Waals surface area contributed by atoms with E-state index in [2.05, 4.69) is 4.98 Å². The molecule has 0 aliphatic rings. The van der Waals surface area contributed by atoms with Gasteiger partial charge in [0.05, 0.1) is 23.3 Å². The van der Waals surface area contributed by atoms with Crippen LogP contribution in [0.5, 0.6) is 5.75 Å². The second kappa shape index (κ2) is 9.17. The highest BCUT2D eigenvalue weighted by Crippen LogP contribution is 2.22. The number of rotatable bonds is 8. The van der Waals surface area contributed by atoms with Gasteiger partial charge in [-0.15, -0.1) is 11.3 Å². The third-order valence-electron chi connectivity index (χ3n) is 4.10. The molecule has 0 unspecified atom stereocenters. The van der Waals surface area contributed by atoms with E-state index in [0.717, 1.165) is 21.0 Å². The van der Waals surface area contributed by atoms with Crippen LogP contribution in [0.3, 0.4) is 0 Å². The van der Waals surface area contributed by atoms with E-state index >= 15 is 0 Å². The molecule has 1 heterocycles. The molecule has 0 aliphatic carbocycles. The maximum absolute atomic E-state index is 12.4. The van der Waals surface area contributed by atoms with E-state index in [1.807, 2.05) is 55.4 Å². The second-order valence-corrected chi connectivity index (χ2v) is 7.92. The highest BCUT2D eigenvalue weighted by Gasteiger charge is 2.14. The number of hydrogen-bond acceptors (Lipinski definition) is 5. The monoisotopic (exact) mass is 403 g/mol. The van der Waals surface area contributed by atoms with E-state index < -0.39 is 0 Å². The SMILES string of the molecule is CN(CCOc1ccc(Cl)cc1)CC(=O)N(C)Cc1nc2ccccc2s1. The van der Waals surface area contributed by atoms with Gasteiger partial charge in [0.1, 0.15) is 17.4 Å². The third kappa shape index (κ3) is 5.66. The van der Waals surface area contributed by atoms with Gasteiger partial charge in [0, 0.05) is 18.6 Å². The van der Waals surface area contributed by atoms with Crippen molar-refractivity contribution in [1.82, 2.24) is 14.8 Å². The van der Waals surface area contributed by atoms with Gasteiger partial charge in [-0.05, 0) is 43.4 Å². The van der Waals surface area contributed by atoms with Crippen molar-refractivity contribution in [3.8, 4) is 5.75 Å². The molecular weight excluding hydrogens is 382 g/mol. The fourth-order valence-electron chi connectivity index (χ4n) is 2.56. The molecule has 3 rings (SSSR count). The first kappa shape index (κ1) is 19.6. The van der Waals surface area contributed by atoms with Crippen LogP contribution in [0.25, 0.3) is 10.2 Å². The molecule has 0 spiro atoms. The smallest absolute Gasteiger partial charge is 0.236 e. The van der Waals surface area contributed by atoms with Gasteiger partial charge in [-0.25, -0.2) is 4.98 Å². The van der Waals surface area contributed by atoms with Crippen LogP contribution in [-0.4, -0.2) is 54.5 Å². The van der Waals surface area contributed by atoms with E-state index in [1.165, 1.54) is 0 Å². The van der Waals surface area contributed by atoms with Gasteiger partial charge in [-0.2, -0.15) is 0 Å². The van der Waals surface area contributed by atoms with Gasteiger partial charge in [-0.1, -0.05) is 23.7 Å². The number of benzene rings is 2. The van der Waals surface area contributed by atoms with Gasteiger partial charge in [0.15, 0.2) is 0 Å². The average Bonchev–Trinajstić information content (AvgIpc) is 3.05. The Bertz CT molecular complexity index is 865. The van der Waals surface area contributed by atoms with E-state index in [1.54, 1.807) is 28.4 Å². The number of carbonyl (C=O) groups excluding carboxylic acids is 1. The molecule has 142 valence electrons. The minimum absolute atomic E-state index is 0.0586. The Morgan fingerprint density at radius 2 is 1.89 bits per heavy atom. The number of hydrogen-bond donors (Lipinski definition) is 0. The highest BCUT2D eigenvalue weighted by atomic mass is 35.5. The molecule has 5 nitrogen and oxygen atoms in total. The predicted octanol–water partition coefficient (Wildman–Crippen LogP) is 3.92. The number of nitrogens with zero attached hydrogens (tertiary/aromatic N) is 3. The van der Waals surface area contributed by atoms with Gasteiger partial charge in [-0.3, -0.25) is 9.69 Å². The van der Waals surface area contributed by atoms with Crippen molar-refractivity contribution in [3.63, 3.8) is 0 Å². The average molecular weight is 404 g/mol. The zero-order valence-electron chi connectivity index (χ0n) is 15.4. The Morgan fingerprint density at radius 3 is 2.63 bits per heavy atom. The molecule has 27 heavy (non-hydrogen) atoms. The molecule has 0 saturated carbocycles. The highest BCUT2D eigenvalue weighted by molar-refractivity contribution is 7.18. The molecule has 3 aromatic rings. The summed E-state index contributed by atoms with van der Waals surface area (Å²) in [5.41, 5.74) is 0.981. The summed E-state index contributed by atoms with van der Waals surface area (Å²) < 4.78 is 6.81. The minimum atomic E-state index is 0.0586. The van der Waals surface area contributed by atoms with Crippen LogP contribution < -0.4 is 4.74 Å². The Kier molecular flexibility index (Phi) is 6.66. The molecule has 0 aliphatic heterocycles. The molecule has 1 amide bonds. The van der Waals surface area contributed by atoms with Gasteiger partial charge < -0.3 is 9.64 Å². The molecule has 1 aromatic heterocycles. The van der Waals surface area contributed by atoms with Crippen LogP contribution in [0.2, 0.25) is 5.02 Å². The summed E-state index contributed by atoms with van der Waals surface area (Å²) in [6, 6.07) is 15.3. The normalized spacial score (nSPS) is 11.1. The van der Waals surface area contributed by atoms with Gasteiger partial charge >= 0.3 is 0 Å². The van der Waals surface area contributed by atoms with E-state index in [0.29, 0.717) is 31.3 Å². The number of ether oxygens (including phenoxy) is 1. The Labute approximate surface area is 168 Å². The van der Waals surface area contributed by atoms with Crippen molar-refractivity contribution < 1.29 is 9.53 Å². The number of fused-ring (bicyclic) bond motifs is 1. The van der Waals surface area contributed by atoms with Crippen molar-refractivity contribution in [2.24, 2.45) is 0 Å². The summed E-state index contributed by atoms with van der Waals surface area (Å²) >= 11 is 7.48. The first-order valence-electron chi connectivity index (χ1n) is 8.66. The van der Waals surface area contributed by atoms with Crippen LogP contribution in [0, 0.1) is 0 Å². The van der Waals surface area contributed by atoms with E-state index in [-0.39, 0.29) is 5.91 Å². The fourth-order valence-corrected chi connectivity index (χ4v) is 3.71. The Hall–Kier alpha value is -2.15. The molecule has 0 saturated heterocycles. The number of thiazole rings is 1. The summed E-state index contributed by atoms with van der Waals surface area (Å²) in [6.45, 7) is 2.02. The lowest BCUT2D eigenvalue weighted by atomic mass is 10.3. The summed E-state index contributed by atoms with van der Waals surface area (Å²) in [5.74, 6) is 0.829. The quantitative estimate of drug-likeness (QED) is 0.572. The second-order valence-electron chi connectivity index (χ2n) is 6.37. The number of carbonyl (C=O) groups is 1. The number of para-hydroxylation sites is 1. The molecule has 7 heteroatoms. The first-order valence-corrected chi connectivity index (χ1v) is 9.86. The summed E-state index contributed by atoms with van der Waals surface area (Å²) in [5, 5.41) is 1.63. The number of halogens is 1. The molecule has 0 atom stereocenters. The fraction of sp³-hybridized carbons (Fsp3) is 0.300. The van der Waals surface area contributed by atoms with Gasteiger partial charge in [0.25, 0.3) is 0 Å². The summed E-state index contributed by atoms with van der Waals surface area (Å²) in [7, 11) is 3.72. The van der Waals surface area contributed by atoms with E-state index in [4.69, 9.17) is 16.3 Å². The maximum atomic E-state index is 12.4. The predicted molar refractivity (Wildman–Crippen MR) is 111 cm³/mol. The molecule has 0 N–H and O–H groups in total. The largest absolute Gasteiger partial charge is 0.492 e. The summed E-state index contributed by atoms with van der Waals surface area (Å²) in [4.78, 5) is 20.7. The van der Waals surface area contributed by atoms with Crippen LogP contribution in [0.1, 0.15) is 5.01 Å². The zero-order valence-corrected chi connectivity index (χ0v) is 17.0. The molecule has 0 bridgehead atoms. The maximum Gasteiger partial charge on any atom is 0.236 e. The standard InChI is InChI=1S/C20H22ClN3O2S/c1-23(11-12-26-16-9-7-15(21)8-10-16)14-20(25)24(2)13-19-22-17-5-3-4-6-18(17)27-19/h3-10H,11-14H2,1-2H3. The van der Waals surface area contributed by atoms with E-state index in [9.17, 15) is 4.79 Å². The van der Waals surface area contributed by atoms with Gasteiger partial charge in [0.2, 0.25) is 5.91 Å². The lowest BCUT2D eigenvalue weighted by Crippen LogP contribution is -2.37. The van der Waals surface area contributed by atoms with Crippen LogP contribution in [0.15, 0.2) is 48.5 Å². The number of amides is 1. The topological polar surface area (TPSA) is 45.7 Å². The first-order chi connectivity index (χ1) is 13.0. The number of aromatic nitrogens is 1. The molecule has 2 aromatic carbocycles. The Morgan fingerprint density at radius 1 is 1.15 bits per heavy atom. The van der Waals surface area contributed by atoms with Crippen LogP contribution >= 0.6 is 22.9 Å². The van der Waals surface area contributed by atoms with Crippen LogP contribution in [-0.2, 0) is 11.3 Å². The zero-order chi connectivity index (χ0) is 19.2. The lowest BCUT2D eigenvalue weighted by Gasteiger charge is -2.21. The van der Waals surface area contributed by atoms with Crippen molar-refractivity contribution in [2.75, 3.05) is 33.8 Å². The minimum Gasteiger partial charge on any atom is -0.492 e. The summed E-state index contributed by atoms with van der Waals surface area (Å²) in [6.07, 6.45) is 0. The lowest BCUT2D eigenvalue weighted by molar-refractivity contribution is -0.131.